The minimum absolute atomic E-state index is 0.213. The van der Waals surface area contributed by atoms with E-state index in [0.717, 1.165) is 30.3 Å². The lowest BCUT2D eigenvalue weighted by molar-refractivity contribution is 0.281. The van der Waals surface area contributed by atoms with Gasteiger partial charge >= 0.3 is 0 Å². The molecule has 1 atom stereocenters. The van der Waals surface area contributed by atoms with Crippen molar-refractivity contribution in [2.24, 2.45) is 0 Å². The molecule has 1 unspecified atom stereocenters. The Morgan fingerprint density at radius 3 is 2.63 bits per heavy atom. The quantitative estimate of drug-likeness (QED) is 0.697. The van der Waals surface area contributed by atoms with Crippen molar-refractivity contribution in [3.05, 3.63) is 34.7 Å². The van der Waals surface area contributed by atoms with Crippen LogP contribution in [-0.4, -0.2) is 42.4 Å². The van der Waals surface area contributed by atoms with E-state index in [4.69, 9.17) is 10.1 Å². The fourth-order valence-corrected chi connectivity index (χ4v) is 5.94. The molecule has 164 valence electrons. The second-order valence-electron chi connectivity index (χ2n) is 10.3. The van der Waals surface area contributed by atoms with Gasteiger partial charge in [-0.15, -0.1) is 11.3 Å². The molecule has 2 aliphatic rings. The monoisotopic (exact) mass is 427 g/mol. The summed E-state index contributed by atoms with van der Waals surface area (Å²) in [6.45, 7) is 12.5. The minimum Gasteiger partial charge on any atom is -0.395 e. The third-order valence-electron chi connectivity index (χ3n) is 7.18. The first kappa shape index (κ1) is 21.8. The molecule has 30 heavy (non-hydrogen) atoms. The molecule has 2 heterocycles. The fraction of sp³-hybridized carbons (Fsp3) is 0.640. The van der Waals surface area contributed by atoms with E-state index in [2.05, 4.69) is 61.5 Å². The van der Waals surface area contributed by atoms with Gasteiger partial charge in [-0.25, -0.2) is 4.98 Å². The zero-order chi connectivity index (χ0) is 21.4. The fourth-order valence-electron chi connectivity index (χ4n) is 5.05. The van der Waals surface area contributed by atoms with Gasteiger partial charge in [-0.2, -0.15) is 0 Å². The number of hydrogen-bond acceptors (Lipinski definition) is 5. The molecule has 5 heteroatoms. The van der Waals surface area contributed by atoms with Crippen LogP contribution >= 0.6 is 11.3 Å². The Morgan fingerprint density at radius 1 is 1.10 bits per heavy atom. The van der Waals surface area contributed by atoms with Gasteiger partial charge < -0.3 is 15.3 Å². The van der Waals surface area contributed by atoms with E-state index < -0.39 is 0 Å². The molecule has 1 fully saturated rings. The maximum Gasteiger partial charge on any atom is 0.185 e. The van der Waals surface area contributed by atoms with Crippen LogP contribution in [0.25, 0.3) is 11.3 Å². The highest BCUT2D eigenvalue weighted by Crippen LogP contribution is 2.46. The molecule has 1 aliphatic carbocycles. The number of nitrogens with one attached hydrogen (secondary N) is 1. The third-order valence-corrected chi connectivity index (χ3v) is 8.09. The summed E-state index contributed by atoms with van der Waals surface area (Å²) in [6, 6.07) is 7.55. The molecule has 4 rings (SSSR count). The first-order valence-electron chi connectivity index (χ1n) is 11.5. The summed E-state index contributed by atoms with van der Waals surface area (Å²) in [5.74, 6) is 0. The summed E-state index contributed by atoms with van der Waals surface area (Å²) in [5, 5.41) is 15.9. The van der Waals surface area contributed by atoms with Crippen LogP contribution in [0, 0.1) is 0 Å². The van der Waals surface area contributed by atoms with Crippen molar-refractivity contribution >= 4 is 16.5 Å². The van der Waals surface area contributed by atoms with Gasteiger partial charge in [0.25, 0.3) is 0 Å². The number of anilines is 1. The molecule has 1 aromatic carbocycles. The second kappa shape index (κ2) is 8.60. The zero-order valence-electron chi connectivity index (χ0n) is 19.0. The molecule has 0 saturated carbocycles. The molecule has 1 saturated heterocycles. The van der Waals surface area contributed by atoms with E-state index in [1.54, 1.807) is 11.3 Å². The van der Waals surface area contributed by atoms with E-state index in [1.807, 2.05) is 0 Å². The van der Waals surface area contributed by atoms with Crippen molar-refractivity contribution in [2.45, 2.75) is 76.7 Å². The highest BCUT2D eigenvalue weighted by atomic mass is 32.1. The number of aromatic nitrogens is 1. The molecule has 4 nitrogen and oxygen atoms in total. The van der Waals surface area contributed by atoms with Gasteiger partial charge in [0.1, 0.15) is 0 Å². The minimum atomic E-state index is 0.213. The Kier molecular flexibility index (Phi) is 6.25. The second-order valence-corrected chi connectivity index (χ2v) is 11.2. The first-order chi connectivity index (χ1) is 14.3. The van der Waals surface area contributed by atoms with Crippen LogP contribution in [0.1, 0.15) is 70.9 Å². The molecular weight excluding hydrogens is 390 g/mol. The molecule has 2 N–H and O–H groups in total. The maximum atomic E-state index is 9.06. The topological polar surface area (TPSA) is 48.4 Å². The largest absolute Gasteiger partial charge is 0.395 e. The molecule has 1 aromatic heterocycles. The van der Waals surface area contributed by atoms with Crippen LogP contribution in [0.2, 0.25) is 0 Å². The Bertz CT molecular complexity index is 873. The number of rotatable bonds is 5. The Labute approximate surface area is 185 Å². The van der Waals surface area contributed by atoms with Crippen molar-refractivity contribution in [3.8, 4) is 11.3 Å². The summed E-state index contributed by atoms with van der Waals surface area (Å²) in [6.07, 6.45) is 5.93. The van der Waals surface area contributed by atoms with E-state index in [1.165, 1.54) is 42.4 Å². The smallest absolute Gasteiger partial charge is 0.185 e. The van der Waals surface area contributed by atoms with Gasteiger partial charge in [0.2, 0.25) is 0 Å². The lowest BCUT2D eigenvalue weighted by atomic mass is 9.63. The number of hydrogen-bond donors (Lipinski definition) is 2. The van der Waals surface area contributed by atoms with E-state index >= 15 is 0 Å². The van der Waals surface area contributed by atoms with Crippen LogP contribution in [0.5, 0.6) is 0 Å². The van der Waals surface area contributed by atoms with Gasteiger partial charge in [0, 0.05) is 36.6 Å². The van der Waals surface area contributed by atoms with Gasteiger partial charge in [-0.3, -0.25) is 0 Å². The number of aliphatic hydroxyl groups is 1. The average Bonchev–Trinajstić information content (AvgIpc) is 3.09. The van der Waals surface area contributed by atoms with E-state index in [-0.39, 0.29) is 17.4 Å². The van der Waals surface area contributed by atoms with Crippen LogP contribution in [0.15, 0.2) is 23.6 Å². The standard InChI is InChI=1S/C25H37N3OS/c1-24(2)10-11-25(3,4)21-16-18(7-8-20(21)24)22-17-30-23(27-22)28-13-5-6-19(9-14-28)26-12-15-29/h7-8,16-17,19,26,29H,5-6,9-15H2,1-4H3. The molecular formula is C25H37N3OS. The molecule has 0 bridgehead atoms. The lowest BCUT2D eigenvalue weighted by Crippen LogP contribution is -2.33. The van der Waals surface area contributed by atoms with Gasteiger partial charge in [-0.05, 0) is 60.1 Å². The summed E-state index contributed by atoms with van der Waals surface area (Å²) >= 11 is 1.77. The number of aliphatic hydroxyl groups excluding tert-OH is 1. The van der Waals surface area contributed by atoms with Crippen molar-refractivity contribution < 1.29 is 5.11 Å². The summed E-state index contributed by atoms with van der Waals surface area (Å²) in [5.41, 5.74) is 5.84. The number of fused-ring (bicyclic) bond motifs is 1. The van der Waals surface area contributed by atoms with Gasteiger partial charge in [-0.1, -0.05) is 39.8 Å². The normalized spacial score (nSPS) is 23.1. The molecule has 0 radical (unpaired) electrons. The highest BCUT2D eigenvalue weighted by Gasteiger charge is 2.37. The first-order valence-corrected chi connectivity index (χ1v) is 12.4. The van der Waals surface area contributed by atoms with Crippen LogP contribution < -0.4 is 10.2 Å². The van der Waals surface area contributed by atoms with Gasteiger partial charge in [0.15, 0.2) is 5.13 Å². The van der Waals surface area contributed by atoms with Crippen molar-refractivity contribution in [2.75, 3.05) is 31.1 Å². The third kappa shape index (κ3) is 4.44. The van der Waals surface area contributed by atoms with Crippen LogP contribution in [0.3, 0.4) is 0 Å². The predicted molar refractivity (Wildman–Crippen MR) is 128 cm³/mol. The van der Waals surface area contributed by atoms with Crippen LogP contribution in [0.4, 0.5) is 5.13 Å². The summed E-state index contributed by atoms with van der Waals surface area (Å²) in [7, 11) is 0. The Hall–Kier alpha value is -1.43. The predicted octanol–water partition coefficient (Wildman–Crippen LogP) is 5.10. The van der Waals surface area contributed by atoms with Crippen molar-refractivity contribution in [1.82, 2.24) is 10.3 Å². The summed E-state index contributed by atoms with van der Waals surface area (Å²) in [4.78, 5) is 7.49. The molecule has 2 aromatic rings. The number of nitrogens with zero attached hydrogens (tertiary/aromatic N) is 2. The Balaban J connectivity index is 1.53. The molecule has 0 spiro atoms. The molecule has 1 aliphatic heterocycles. The summed E-state index contributed by atoms with van der Waals surface area (Å²) < 4.78 is 0. The van der Waals surface area contributed by atoms with Crippen LogP contribution in [-0.2, 0) is 10.8 Å². The average molecular weight is 428 g/mol. The SMILES string of the molecule is CC1(C)CCC(C)(C)c2cc(-c3csc(N4CCCC(NCCO)CC4)n3)ccc21. The highest BCUT2D eigenvalue weighted by molar-refractivity contribution is 7.14. The van der Waals surface area contributed by atoms with Gasteiger partial charge in [0.05, 0.1) is 12.3 Å². The Morgan fingerprint density at radius 2 is 1.87 bits per heavy atom. The van der Waals surface area contributed by atoms with E-state index in [0.29, 0.717) is 12.6 Å². The number of benzene rings is 1. The van der Waals surface area contributed by atoms with E-state index in [9.17, 15) is 0 Å². The van der Waals surface area contributed by atoms with Crippen molar-refractivity contribution in [1.29, 1.82) is 0 Å². The maximum absolute atomic E-state index is 9.06. The lowest BCUT2D eigenvalue weighted by Gasteiger charge is -2.42. The zero-order valence-corrected chi connectivity index (χ0v) is 19.8. The van der Waals surface area contributed by atoms with Crippen molar-refractivity contribution in [3.63, 3.8) is 0 Å². The molecule has 0 amide bonds. The number of thiazole rings is 1.